The average Bonchev–Trinajstić information content (AvgIpc) is 3.14. The number of rotatable bonds is 10. The molecule has 4 aliphatic carbocycles. The number of aliphatic hydroxyl groups excluding tert-OH is 2. The minimum Gasteiger partial charge on any atom is -0.390 e. The van der Waals surface area contributed by atoms with E-state index >= 15 is 0 Å². The monoisotopic (exact) mass is 594 g/mol. The van der Waals surface area contributed by atoms with Crippen LogP contribution in [0.15, 0.2) is 11.6 Å². The number of allylic oxidation sites excluding steroid dienone is 1. The molecule has 0 spiro atoms. The molecule has 4 rings (SSSR count). The van der Waals surface area contributed by atoms with Crippen molar-refractivity contribution in [3.63, 3.8) is 0 Å². The van der Waals surface area contributed by atoms with E-state index in [0.29, 0.717) is 29.7 Å². The lowest BCUT2D eigenvalue weighted by molar-refractivity contribution is -0.119. The van der Waals surface area contributed by atoms with Crippen molar-refractivity contribution in [3.8, 4) is 0 Å². The van der Waals surface area contributed by atoms with Crippen molar-refractivity contribution in [2.75, 3.05) is 6.61 Å². The topological polar surface area (TPSA) is 168 Å². The van der Waals surface area contributed by atoms with Gasteiger partial charge in [-0.15, -0.1) is 0 Å². The summed E-state index contributed by atoms with van der Waals surface area (Å²) in [5.74, 6) is 1.67. The van der Waals surface area contributed by atoms with Crippen LogP contribution in [0.4, 0.5) is 0 Å². The molecule has 0 saturated heterocycles. The van der Waals surface area contributed by atoms with Crippen LogP contribution in [0.2, 0.25) is 0 Å². The van der Waals surface area contributed by atoms with Crippen LogP contribution in [0.25, 0.3) is 0 Å². The fourth-order valence-electron chi connectivity index (χ4n) is 9.22. The van der Waals surface area contributed by atoms with Crippen molar-refractivity contribution in [2.45, 2.75) is 104 Å². The molecule has 0 bridgehead atoms. The van der Waals surface area contributed by atoms with Crippen LogP contribution in [0.5, 0.6) is 0 Å². The Labute approximate surface area is 233 Å². The van der Waals surface area contributed by atoms with Crippen LogP contribution in [0.1, 0.15) is 85.5 Å². The average molecular weight is 595 g/mol. The number of aliphatic hydroxyl groups is 2. The normalized spacial score (nSPS) is 41.5. The summed E-state index contributed by atoms with van der Waals surface area (Å²) >= 11 is 0. The first kappa shape index (κ1) is 31.3. The highest BCUT2D eigenvalue weighted by Gasteiger charge is 2.62. The van der Waals surface area contributed by atoms with E-state index in [4.69, 9.17) is 8.74 Å². The van der Waals surface area contributed by atoms with Crippen molar-refractivity contribution in [2.24, 2.45) is 46.3 Å². The van der Waals surface area contributed by atoms with Crippen LogP contribution >= 0.6 is 0 Å². The second-order valence-corrected chi connectivity index (χ2v) is 15.6. The Morgan fingerprint density at radius 1 is 1.00 bits per heavy atom. The van der Waals surface area contributed by atoms with E-state index in [1.54, 1.807) is 0 Å². The van der Waals surface area contributed by atoms with Gasteiger partial charge >= 0.3 is 20.8 Å². The number of hydrogen-bond donors (Lipinski definition) is 4. The molecule has 4 aliphatic rings. The first-order valence-electron chi connectivity index (χ1n) is 14.3. The molecular formula is C27H46O10S2. The summed E-state index contributed by atoms with van der Waals surface area (Å²) in [4.78, 5) is 0. The molecule has 3 fully saturated rings. The third-order valence-electron chi connectivity index (χ3n) is 10.8. The van der Waals surface area contributed by atoms with Crippen molar-refractivity contribution >= 4 is 20.8 Å². The summed E-state index contributed by atoms with van der Waals surface area (Å²) in [5, 5.41) is 21.9. The van der Waals surface area contributed by atoms with E-state index < -0.39 is 44.5 Å². The van der Waals surface area contributed by atoms with Crippen LogP contribution < -0.4 is 0 Å². The van der Waals surface area contributed by atoms with Gasteiger partial charge in [0.15, 0.2) is 0 Å². The molecular weight excluding hydrogens is 548 g/mol. The molecule has 226 valence electrons. The lowest BCUT2D eigenvalue weighted by Crippen LogP contribution is -2.58. The molecule has 10 nitrogen and oxygen atoms in total. The van der Waals surface area contributed by atoms with Crippen LogP contribution in [-0.2, 0) is 29.2 Å². The maximum Gasteiger partial charge on any atom is 0.397 e. The number of hydrogen-bond acceptors (Lipinski definition) is 8. The third-order valence-corrected chi connectivity index (χ3v) is 11.7. The van der Waals surface area contributed by atoms with Crippen molar-refractivity contribution < 1.29 is 44.5 Å². The fourth-order valence-corrected chi connectivity index (χ4v) is 10.1. The van der Waals surface area contributed by atoms with Gasteiger partial charge in [0.2, 0.25) is 0 Å². The van der Waals surface area contributed by atoms with Crippen molar-refractivity contribution in [3.05, 3.63) is 11.6 Å². The molecule has 10 atom stereocenters. The van der Waals surface area contributed by atoms with E-state index in [9.17, 15) is 31.6 Å². The number of fused-ring (bicyclic) bond motifs is 5. The van der Waals surface area contributed by atoms with Crippen LogP contribution in [0.3, 0.4) is 0 Å². The van der Waals surface area contributed by atoms with Crippen LogP contribution in [-0.4, -0.2) is 61.1 Å². The lowest BCUT2D eigenvalue weighted by atomic mass is 9.46. The Bertz CT molecular complexity index is 1140. The molecule has 0 aromatic heterocycles. The highest BCUT2D eigenvalue weighted by Crippen LogP contribution is 2.67. The zero-order chi connectivity index (χ0) is 29.0. The van der Waals surface area contributed by atoms with Gasteiger partial charge in [0.25, 0.3) is 0 Å². The van der Waals surface area contributed by atoms with E-state index in [2.05, 4.69) is 25.0 Å². The van der Waals surface area contributed by atoms with Gasteiger partial charge < -0.3 is 10.2 Å². The minimum absolute atomic E-state index is 0.0131. The van der Waals surface area contributed by atoms with Gasteiger partial charge in [-0.2, -0.15) is 16.8 Å². The van der Waals surface area contributed by atoms with Gasteiger partial charge in [0.05, 0.1) is 12.7 Å². The predicted molar refractivity (Wildman–Crippen MR) is 144 cm³/mol. The van der Waals surface area contributed by atoms with Crippen molar-refractivity contribution in [1.82, 2.24) is 0 Å². The minimum atomic E-state index is -4.84. The molecule has 0 aliphatic heterocycles. The smallest absolute Gasteiger partial charge is 0.390 e. The summed E-state index contributed by atoms with van der Waals surface area (Å²) in [6.45, 7) is 8.67. The Morgan fingerprint density at radius 2 is 1.69 bits per heavy atom. The van der Waals surface area contributed by atoms with Gasteiger partial charge in [-0.3, -0.25) is 9.11 Å². The summed E-state index contributed by atoms with van der Waals surface area (Å²) in [5.41, 5.74) is 0.107. The van der Waals surface area contributed by atoms with Gasteiger partial charge in [0.1, 0.15) is 12.2 Å². The molecule has 4 N–H and O–H groups in total. The first-order chi connectivity index (χ1) is 18.0. The summed E-state index contributed by atoms with van der Waals surface area (Å²) in [6.07, 6.45) is 5.45. The van der Waals surface area contributed by atoms with E-state index in [1.165, 1.54) is 0 Å². The quantitative estimate of drug-likeness (QED) is 0.215. The van der Waals surface area contributed by atoms with Gasteiger partial charge in [-0.05, 0) is 96.9 Å². The molecule has 0 heterocycles. The van der Waals surface area contributed by atoms with Gasteiger partial charge in [-0.25, -0.2) is 8.37 Å². The standard InChI is InChI=1S/C27H46O10S2/c1-16(2)6-5-7-17(15-36-38(30,31)32)19-10-11-20-18-8-9-22-24(29)25(37-39(33,34)35)23(28)14-27(22,4)21(18)12-13-26(19,20)3/h9,16-21,23-25,28-29H,5-8,10-15H2,1-4H3,(H,30,31,32)(H,33,34,35)/t17-,18?,19+,20?,21?,23+,24-,25+,26+,27+/m0/s1. The highest BCUT2D eigenvalue weighted by atomic mass is 32.3. The molecule has 39 heavy (non-hydrogen) atoms. The largest absolute Gasteiger partial charge is 0.397 e. The molecule has 0 aromatic carbocycles. The second kappa shape index (κ2) is 11.2. The van der Waals surface area contributed by atoms with E-state index in [1.807, 2.05) is 13.0 Å². The van der Waals surface area contributed by atoms with E-state index in [-0.39, 0.29) is 36.2 Å². The van der Waals surface area contributed by atoms with Crippen LogP contribution in [0, 0.1) is 46.3 Å². The summed E-state index contributed by atoms with van der Waals surface area (Å²) in [7, 11) is -9.37. The summed E-state index contributed by atoms with van der Waals surface area (Å²) < 4.78 is 73.6. The highest BCUT2D eigenvalue weighted by molar-refractivity contribution is 7.81. The molecule has 0 amide bonds. The Hall–Kier alpha value is -0.600. The molecule has 3 unspecified atom stereocenters. The maximum atomic E-state index is 11.4. The SMILES string of the molecule is CC(C)CCC[C@@H](COS(=O)(=O)O)[C@H]1CCC2C3CC=C4[C@H](O)[C@H](OS(=O)(=O)O)[C@H](O)C[C@]4(C)C3CC[C@@]21C. The molecule has 0 aromatic rings. The Kier molecular flexibility index (Phi) is 9.03. The third kappa shape index (κ3) is 6.43. The lowest BCUT2D eigenvalue weighted by Gasteiger charge is -2.59. The fraction of sp³-hybridized carbons (Fsp3) is 0.926. The zero-order valence-electron chi connectivity index (χ0n) is 23.4. The molecule has 12 heteroatoms. The van der Waals surface area contributed by atoms with Gasteiger partial charge in [-0.1, -0.05) is 46.6 Å². The van der Waals surface area contributed by atoms with Crippen molar-refractivity contribution in [1.29, 1.82) is 0 Å². The van der Waals surface area contributed by atoms with E-state index in [0.717, 1.165) is 44.9 Å². The second-order valence-electron chi connectivity index (χ2n) is 13.4. The van der Waals surface area contributed by atoms with Gasteiger partial charge in [0, 0.05) is 0 Å². The Morgan fingerprint density at radius 3 is 2.31 bits per heavy atom. The summed E-state index contributed by atoms with van der Waals surface area (Å²) in [6, 6.07) is 0. The predicted octanol–water partition coefficient (Wildman–Crippen LogP) is 3.96. The maximum absolute atomic E-state index is 11.4. The molecule has 3 saturated carbocycles. The zero-order valence-corrected chi connectivity index (χ0v) is 25.0. The Balaban J connectivity index is 1.57. The molecule has 0 radical (unpaired) electrons. The first-order valence-corrected chi connectivity index (χ1v) is 17.0.